The summed E-state index contributed by atoms with van der Waals surface area (Å²) in [5.41, 5.74) is 0.855. The van der Waals surface area contributed by atoms with Gasteiger partial charge in [0.1, 0.15) is 13.2 Å². The number of hydrogen-bond acceptors (Lipinski definition) is 5. The number of hydrogen-bond donors (Lipinski definition) is 0. The predicted octanol–water partition coefficient (Wildman–Crippen LogP) is 2.22. The fraction of sp³-hybridized carbons (Fsp3) is 0.250. The highest BCUT2D eigenvalue weighted by molar-refractivity contribution is 5.78. The van der Waals surface area contributed by atoms with Gasteiger partial charge < -0.3 is 14.2 Å². The van der Waals surface area contributed by atoms with Crippen LogP contribution in [0, 0.1) is 0 Å². The Kier molecular flexibility index (Phi) is 5.59. The summed E-state index contributed by atoms with van der Waals surface area (Å²) in [4.78, 5) is 24.9. The van der Waals surface area contributed by atoms with E-state index in [1.807, 2.05) is 30.3 Å². The molecule has 1 heterocycles. The van der Waals surface area contributed by atoms with Crippen molar-refractivity contribution in [3.63, 3.8) is 0 Å². The van der Waals surface area contributed by atoms with Crippen molar-refractivity contribution in [2.75, 3.05) is 13.7 Å². The first-order valence-corrected chi connectivity index (χ1v) is 6.73. The van der Waals surface area contributed by atoms with Crippen LogP contribution in [0.4, 0.5) is 4.79 Å². The average Bonchev–Trinajstić information content (AvgIpc) is 2.59. The number of carbonyl (C=O) groups is 2. The van der Waals surface area contributed by atoms with Gasteiger partial charge in [-0.25, -0.2) is 4.79 Å². The summed E-state index contributed by atoms with van der Waals surface area (Å²) in [5, 5.41) is 0. The van der Waals surface area contributed by atoms with Gasteiger partial charge in [-0.15, -0.1) is 0 Å². The minimum absolute atomic E-state index is 0.115. The third-order valence-corrected chi connectivity index (χ3v) is 2.96. The maximum absolute atomic E-state index is 12.2. The third kappa shape index (κ3) is 4.37. The van der Waals surface area contributed by atoms with E-state index in [-0.39, 0.29) is 13.2 Å². The predicted molar refractivity (Wildman–Crippen MR) is 78.5 cm³/mol. The fourth-order valence-electron chi connectivity index (χ4n) is 1.82. The van der Waals surface area contributed by atoms with Crippen LogP contribution in [0.15, 0.2) is 54.8 Å². The maximum Gasteiger partial charge on any atom is 0.413 e. The molecule has 116 valence electrons. The van der Waals surface area contributed by atoms with Crippen molar-refractivity contribution in [2.24, 2.45) is 0 Å². The van der Waals surface area contributed by atoms with Gasteiger partial charge in [0.15, 0.2) is 6.23 Å². The molecular formula is C16H17NO5. The number of rotatable bonds is 5. The molecule has 1 atom stereocenters. The molecule has 2 rings (SSSR count). The van der Waals surface area contributed by atoms with Crippen LogP contribution in [0.5, 0.6) is 0 Å². The molecule has 0 fully saturated rings. The lowest BCUT2D eigenvalue weighted by Crippen LogP contribution is -2.44. The van der Waals surface area contributed by atoms with Crippen LogP contribution in [-0.4, -0.2) is 36.8 Å². The van der Waals surface area contributed by atoms with E-state index in [0.29, 0.717) is 0 Å². The lowest BCUT2D eigenvalue weighted by atomic mass is 10.2. The molecule has 0 saturated heterocycles. The summed E-state index contributed by atoms with van der Waals surface area (Å²) < 4.78 is 15.1. The van der Waals surface area contributed by atoms with Crippen molar-refractivity contribution < 1.29 is 23.8 Å². The molecule has 0 aliphatic carbocycles. The van der Waals surface area contributed by atoms with Gasteiger partial charge in [-0.3, -0.25) is 9.69 Å². The molecule has 1 aromatic rings. The van der Waals surface area contributed by atoms with Gasteiger partial charge in [-0.05, 0) is 17.7 Å². The highest BCUT2D eigenvalue weighted by atomic mass is 16.6. The van der Waals surface area contributed by atoms with Gasteiger partial charge in [0.25, 0.3) is 0 Å². The Morgan fingerprint density at radius 2 is 2.00 bits per heavy atom. The van der Waals surface area contributed by atoms with E-state index < -0.39 is 18.3 Å². The Labute approximate surface area is 128 Å². The molecule has 6 heteroatoms. The number of benzene rings is 1. The van der Waals surface area contributed by atoms with E-state index in [4.69, 9.17) is 9.47 Å². The Bertz CT molecular complexity index is 567. The molecule has 1 aliphatic heterocycles. The van der Waals surface area contributed by atoms with Crippen LogP contribution in [0.25, 0.3) is 0 Å². The number of amides is 1. The van der Waals surface area contributed by atoms with Crippen molar-refractivity contribution in [1.29, 1.82) is 0 Å². The lowest BCUT2D eigenvalue weighted by Gasteiger charge is -2.28. The fourth-order valence-corrected chi connectivity index (χ4v) is 1.82. The summed E-state index contributed by atoms with van der Waals surface area (Å²) in [6.07, 6.45) is 5.14. The monoisotopic (exact) mass is 303 g/mol. The number of methoxy groups -OCH3 is 1. The van der Waals surface area contributed by atoms with Crippen molar-refractivity contribution in [1.82, 2.24) is 4.90 Å². The second kappa shape index (κ2) is 7.87. The van der Waals surface area contributed by atoms with Crippen LogP contribution in [-0.2, 0) is 25.6 Å². The number of nitrogens with zero attached hydrogens (tertiary/aromatic N) is 1. The Hall–Kier alpha value is -2.76. The summed E-state index contributed by atoms with van der Waals surface area (Å²) in [6, 6.07) is 9.28. The van der Waals surface area contributed by atoms with Crippen molar-refractivity contribution in [3.05, 3.63) is 60.4 Å². The molecular weight excluding hydrogens is 286 g/mol. The van der Waals surface area contributed by atoms with Crippen LogP contribution in [0.1, 0.15) is 5.56 Å². The van der Waals surface area contributed by atoms with Crippen molar-refractivity contribution in [2.45, 2.75) is 12.8 Å². The third-order valence-electron chi connectivity index (χ3n) is 2.96. The molecule has 6 nitrogen and oxygen atoms in total. The molecule has 0 N–H and O–H groups in total. The molecule has 0 radical (unpaired) electrons. The highest BCUT2D eigenvalue weighted by Gasteiger charge is 2.27. The van der Waals surface area contributed by atoms with E-state index in [9.17, 15) is 9.59 Å². The smallest absolute Gasteiger partial charge is 0.413 e. The molecule has 1 aromatic carbocycles. The zero-order valence-corrected chi connectivity index (χ0v) is 12.2. The first-order chi connectivity index (χ1) is 10.7. The van der Waals surface area contributed by atoms with Crippen LogP contribution < -0.4 is 0 Å². The standard InChI is InChI=1S/C16H17NO5/c1-20-15(18)11-17(14-9-5-6-10-21-14)16(19)22-12-13-7-3-2-4-8-13/h2-10,14H,11-12H2,1H3. The van der Waals surface area contributed by atoms with Gasteiger partial charge >= 0.3 is 12.1 Å². The van der Waals surface area contributed by atoms with Gasteiger partial charge in [0.2, 0.25) is 0 Å². The topological polar surface area (TPSA) is 65.1 Å². The number of allylic oxidation sites excluding steroid dienone is 2. The minimum Gasteiger partial charge on any atom is -0.474 e. The summed E-state index contributed by atoms with van der Waals surface area (Å²) in [6.45, 7) is -0.142. The van der Waals surface area contributed by atoms with Crippen molar-refractivity contribution in [3.8, 4) is 0 Å². The molecule has 1 amide bonds. The second-order valence-electron chi connectivity index (χ2n) is 4.48. The molecule has 22 heavy (non-hydrogen) atoms. The van der Waals surface area contributed by atoms with E-state index in [2.05, 4.69) is 4.74 Å². The SMILES string of the molecule is COC(=O)CN(C(=O)OCc1ccccc1)C1C=CC=CO1. The number of esters is 1. The number of ether oxygens (including phenoxy) is 3. The van der Waals surface area contributed by atoms with E-state index in [1.165, 1.54) is 13.4 Å². The van der Waals surface area contributed by atoms with Gasteiger partial charge in [0.05, 0.1) is 13.4 Å². The zero-order chi connectivity index (χ0) is 15.8. The van der Waals surface area contributed by atoms with E-state index in [1.54, 1.807) is 18.2 Å². The summed E-state index contributed by atoms with van der Waals surface area (Å²) >= 11 is 0. The van der Waals surface area contributed by atoms with Gasteiger partial charge in [-0.2, -0.15) is 0 Å². The lowest BCUT2D eigenvalue weighted by molar-refractivity contribution is -0.143. The van der Waals surface area contributed by atoms with E-state index in [0.717, 1.165) is 10.5 Å². The summed E-state index contributed by atoms with van der Waals surface area (Å²) in [5.74, 6) is -0.553. The first-order valence-electron chi connectivity index (χ1n) is 6.73. The molecule has 0 bridgehead atoms. The molecule has 1 unspecified atom stereocenters. The molecule has 0 spiro atoms. The normalized spacial score (nSPS) is 15.8. The second-order valence-corrected chi connectivity index (χ2v) is 4.48. The maximum atomic E-state index is 12.2. The zero-order valence-electron chi connectivity index (χ0n) is 12.2. The Balaban J connectivity index is 2.00. The van der Waals surface area contributed by atoms with E-state index >= 15 is 0 Å². The van der Waals surface area contributed by atoms with Crippen LogP contribution in [0.3, 0.4) is 0 Å². The Morgan fingerprint density at radius 1 is 1.23 bits per heavy atom. The quantitative estimate of drug-likeness (QED) is 0.780. The van der Waals surface area contributed by atoms with Gasteiger partial charge in [-0.1, -0.05) is 36.4 Å². The van der Waals surface area contributed by atoms with Crippen molar-refractivity contribution >= 4 is 12.1 Å². The highest BCUT2D eigenvalue weighted by Crippen LogP contribution is 2.12. The largest absolute Gasteiger partial charge is 0.474 e. The van der Waals surface area contributed by atoms with Gasteiger partial charge in [0, 0.05) is 0 Å². The first kappa shape index (κ1) is 15.6. The van der Waals surface area contributed by atoms with Crippen LogP contribution >= 0.6 is 0 Å². The Morgan fingerprint density at radius 3 is 2.64 bits per heavy atom. The molecule has 0 aromatic heterocycles. The minimum atomic E-state index is -0.702. The molecule has 1 aliphatic rings. The summed E-state index contributed by atoms with van der Waals surface area (Å²) in [7, 11) is 1.26. The van der Waals surface area contributed by atoms with Crippen LogP contribution in [0.2, 0.25) is 0 Å². The average molecular weight is 303 g/mol. The molecule has 0 saturated carbocycles. The number of carbonyl (C=O) groups excluding carboxylic acids is 2.